The Morgan fingerprint density at radius 3 is 2.74 bits per heavy atom. The van der Waals surface area contributed by atoms with Crippen LogP contribution in [0.5, 0.6) is 0 Å². The maximum absolute atomic E-state index is 12.6. The second kappa shape index (κ2) is 6.87. The highest BCUT2D eigenvalue weighted by Crippen LogP contribution is 2.31. The molecular weight excluding hydrogens is 388 g/mol. The summed E-state index contributed by atoms with van der Waals surface area (Å²) in [5.74, 6) is 0.390. The summed E-state index contributed by atoms with van der Waals surface area (Å²) < 4.78 is 27.8. The number of aliphatic imine (C=N–C) groups is 1. The third-order valence-electron chi connectivity index (χ3n) is 4.95. The molecule has 1 aliphatic carbocycles. The van der Waals surface area contributed by atoms with Gasteiger partial charge in [0.1, 0.15) is 11.5 Å². The van der Waals surface area contributed by atoms with Gasteiger partial charge in [-0.25, -0.2) is 18.1 Å². The Bertz CT molecular complexity index is 1040. The van der Waals surface area contributed by atoms with Crippen LogP contribution in [0.4, 0.5) is 0 Å². The maximum Gasteiger partial charge on any atom is 0.240 e. The lowest BCUT2D eigenvalue weighted by atomic mass is 10.1. The van der Waals surface area contributed by atoms with Gasteiger partial charge in [-0.1, -0.05) is 17.7 Å². The molecule has 1 aliphatic heterocycles. The van der Waals surface area contributed by atoms with E-state index in [4.69, 9.17) is 17.3 Å². The molecule has 2 heterocycles. The first-order chi connectivity index (χ1) is 12.8. The lowest BCUT2D eigenvalue weighted by Gasteiger charge is -2.17. The van der Waals surface area contributed by atoms with Crippen LogP contribution in [0.25, 0.3) is 11.3 Å². The van der Waals surface area contributed by atoms with E-state index >= 15 is 0 Å². The third-order valence-corrected chi connectivity index (χ3v) is 6.75. The van der Waals surface area contributed by atoms with Crippen molar-refractivity contribution in [2.75, 3.05) is 0 Å². The third kappa shape index (κ3) is 3.45. The van der Waals surface area contributed by atoms with Crippen molar-refractivity contribution >= 4 is 27.5 Å². The van der Waals surface area contributed by atoms with Gasteiger partial charge in [-0.05, 0) is 43.5 Å². The molecule has 1 aromatic carbocycles. The number of aliphatic hydroxyl groups is 1. The van der Waals surface area contributed by atoms with Crippen molar-refractivity contribution in [3.05, 3.63) is 46.6 Å². The van der Waals surface area contributed by atoms with Gasteiger partial charge in [-0.15, -0.1) is 0 Å². The highest BCUT2D eigenvalue weighted by Gasteiger charge is 2.30. The Balaban J connectivity index is 1.63. The number of fused-ring (bicyclic) bond motifs is 1. The summed E-state index contributed by atoms with van der Waals surface area (Å²) in [6, 6.07) is 7.75. The van der Waals surface area contributed by atoms with Crippen LogP contribution in [-0.2, 0) is 16.6 Å². The van der Waals surface area contributed by atoms with Crippen LogP contribution in [0.3, 0.4) is 0 Å². The van der Waals surface area contributed by atoms with Crippen LogP contribution < -0.4 is 10.5 Å². The van der Waals surface area contributed by atoms with Crippen molar-refractivity contribution in [3.63, 3.8) is 0 Å². The molecule has 1 aromatic heterocycles. The zero-order chi connectivity index (χ0) is 19.2. The molecule has 4 N–H and O–H groups in total. The van der Waals surface area contributed by atoms with Crippen molar-refractivity contribution in [2.45, 2.75) is 42.8 Å². The minimum Gasteiger partial charge on any atom is -0.391 e. The van der Waals surface area contributed by atoms with Crippen LogP contribution in [0.1, 0.15) is 30.5 Å². The number of rotatable bonds is 4. The number of hydrogen-bond donors (Lipinski definition) is 3. The first kappa shape index (κ1) is 18.4. The highest BCUT2D eigenvalue weighted by molar-refractivity contribution is 7.89. The summed E-state index contributed by atoms with van der Waals surface area (Å²) in [6.45, 7) is 0.512. The fourth-order valence-corrected chi connectivity index (χ4v) is 5.12. The SMILES string of the molecule is NC1=NCc2ccc(-c3ccc(S(=O)(=O)N[C@@H]4CCC[C@H]4O)cc3Cl)nc21. The molecule has 1 fully saturated rings. The van der Waals surface area contributed by atoms with Gasteiger partial charge in [0, 0.05) is 17.2 Å². The van der Waals surface area contributed by atoms with Gasteiger partial charge < -0.3 is 10.8 Å². The lowest BCUT2D eigenvalue weighted by Crippen LogP contribution is -2.39. The molecule has 0 spiro atoms. The summed E-state index contributed by atoms with van der Waals surface area (Å²) in [5.41, 5.74) is 8.64. The molecule has 7 nitrogen and oxygen atoms in total. The van der Waals surface area contributed by atoms with E-state index in [9.17, 15) is 13.5 Å². The molecular formula is C18H19ClN4O3S. The van der Waals surface area contributed by atoms with E-state index in [-0.39, 0.29) is 9.92 Å². The van der Waals surface area contributed by atoms with Gasteiger partial charge >= 0.3 is 0 Å². The topological polar surface area (TPSA) is 118 Å². The van der Waals surface area contributed by atoms with Gasteiger partial charge in [0.2, 0.25) is 10.0 Å². The zero-order valence-electron chi connectivity index (χ0n) is 14.4. The van der Waals surface area contributed by atoms with Crippen molar-refractivity contribution < 1.29 is 13.5 Å². The first-order valence-electron chi connectivity index (χ1n) is 8.66. The number of nitrogens with one attached hydrogen (secondary N) is 1. The molecule has 0 saturated heterocycles. The molecule has 0 radical (unpaired) electrons. The van der Waals surface area contributed by atoms with E-state index in [1.807, 2.05) is 12.1 Å². The molecule has 142 valence electrons. The van der Waals surface area contributed by atoms with Crippen LogP contribution in [0.2, 0.25) is 5.02 Å². The second-order valence-corrected chi connectivity index (χ2v) is 8.89. The summed E-state index contributed by atoms with van der Waals surface area (Å²) in [6.07, 6.45) is 1.36. The molecule has 1 saturated carbocycles. The van der Waals surface area contributed by atoms with Crippen LogP contribution >= 0.6 is 11.6 Å². The average molecular weight is 407 g/mol. The van der Waals surface area contributed by atoms with Crippen molar-refractivity contribution in [2.24, 2.45) is 10.7 Å². The monoisotopic (exact) mass is 406 g/mol. The lowest BCUT2D eigenvalue weighted by molar-refractivity contribution is 0.159. The van der Waals surface area contributed by atoms with E-state index in [1.165, 1.54) is 12.1 Å². The predicted octanol–water partition coefficient (Wildman–Crippen LogP) is 1.81. The Hall–Kier alpha value is -2.00. The summed E-state index contributed by atoms with van der Waals surface area (Å²) in [7, 11) is -3.77. The Morgan fingerprint density at radius 2 is 2.04 bits per heavy atom. The van der Waals surface area contributed by atoms with Crippen molar-refractivity contribution in [1.29, 1.82) is 0 Å². The van der Waals surface area contributed by atoms with Gasteiger partial charge in [0.15, 0.2) is 0 Å². The molecule has 27 heavy (non-hydrogen) atoms. The van der Waals surface area contributed by atoms with Crippen LogP contribution in [0.15, 0.2) is 40.2 Å². The molecule has 0 bridgehead atoms. The Kier molecular flexibility index (Phi) is 4.67. The van der Waals surface area contributed by atoms with Crippen LogP contribution in [-0.4, -0.2) is 36.5 Å². The number of amidine groups is 1. The Morgan fingerprint density at radius 1 is 1.22 bits per heavy atom. The number of aromatic nitrogens is 1. The largest absolute Gasteiger partial charge is 0.391 e. The van der Waals surface area contributed by atoms with Gasteiger partial charge in [-0.3, -0.25) is 4.99 Å². The number of nitrogens with zero attached hydrogens (tertiary/aromatic N) is 2. The highest BCUT2D eigenvalue weighted by atomic mass is 35.5. The number of benzene rings is 1. The number of hydrogen-bond acceptors (Lipinski definition) is 6. The van der Waals surface area contributed by atoms with E-state index in [2.05, 4.69) is 14.7 Å². The average Bonchev–Trinajstić information content (AvgIpc) is 3.20. The quantitative estimate of drug-likeness (QED) is 0.715. The minimum absolute atomic E-state index is 0.0533. The molecule has 0 amide bonds. The fourth-order valence-electron chi connectivity index (χ4n) is 3.45. The van der Waals surface area contributed by atoms with E-state index in [0.717, 1.165) is 12.0 Å². The smallest absolute Gasteiger partial charge is 0.240 e. The molecule has 2 atom stereocenters. The minimum atomic E-state index is -3.77. The standard InChI is InChI=1S/C18H19ClN4O3S/c19-13-8-11(27(25,26)23-15-2-1-3-16(15)24)5-6-12(13)14-7-4-10-9-21-18(20)17(10)22-14/h4-8,15-16,23-24H,1-3,9H2,(H2,20,21)/t15-,16-/m1/s1. The summed E-state index contributed by atoms with van der Waals surface area (Å²) in [4.78, 5) is 8.72. The molecule has 0 unspecified atom stereocenters. The predicted molar refractivity (Wildman–Crippen MR) is 103 cm³/mol. The van der Waals surface area contributed by atoms with Crippen molar-refractivity contribution in [3.8, 4) is 11.3 Å². The number of sulfonamides is 1. The van der Waals surface area contributed by atoms with Crippen LogP contribution in [0, 0.1) is 0 Å². The van der Waals surface area contributed by atoms with Gasteiger partial charge in [0.25, 0.3) is 0 Å². The second-order valence-electron chi connectivity index (χ2n) is 6.77. The molecule has 2 aliphatic rings. The number of pyridine rings is 1. The molecule has 9 heteroatoms. The summed E-state index contributed by atoms with van der Waals surface area (Å²) in [5, 5.41) is 10.1. The fraction of sp³-hybridized carbons (Fsp3) is 0.333. The first-order valence-corrected chi connectivity index (χ1v) is 10.5. The van der Waals surface area contributed by atoms with Gasteiger partial charge in [0.05, 0.1) is 28.3 Å². The Labute approximate surface area is 162 Å². The molecule has 2 aromatic rings. The normalized spacial score (nSPS) is 21.9. The zero-order valence-corrected chi connectivity index (χ0v) is 16.0. The van der Waals surface area contributed by atoms with Gasteiger partial charge in [-0.2, -0.15) is 0 Å². The number of nitrogens with two attached hydrogens (primary N) is 1. The molecule has 4 rings (SSSR count). The van der Waals surface area contributed by atoms with Crippen molar-refractivity contribution in [1.82, 2.24) is 9.71 Å². The van der Waals surface area contributed by atoms with E-state index in [1.54, 1.807) is 6.07 Å². The van der Waals surface area contributed by atoms with E-state index < -0.39 is 22.2 Å². The summed E-state index contributed by atoms with van der Waals surface area (Å²) >= 11 is 6.36. The maximum atomic E-state index is 12.6. The number of halogens is 1. The number of aliphatic hydroxyl groups excluding tert-OH is 1. The van der Waals surface area contributed by atoms with E-state index in [0.29, 0.717) is 42.2 Å².